The zero-order valence-corrected chi connectivity index (χ0v) is 14.3. The minimum Gasteiger partial charge on any atom is -0.497 e. The fourth-order valence-electron chi connectivity index (χ4n) is 2.98. The summed E-state index contributed by atoms with van der Waals surface area (Å²) in [7, 11) is 1.72. The molecule has 0 amide bonds. The Hall–Kier alpha value is -1.74. The number of aromatic nitrogens is 1. The molecule has 0 spiro atoms. The van der Waals surface area contributed by atoms with E-state index < -0.39 is 0 Å². The standard InChI is InChI=1S/C19H28N2O/c1-6-11-21(14(3)4)12-10-16-17-13-15(22-5)8-9-19(17)20-18(16)7-2/h6,8-9,13-14,20H,1,7,10-12H2,2-5H3. The van der Waals surface area contributed by atoms with Gasteiger partial charge in [-0.3, -0.25) is 4.90 Å². The Kier molecular flexibility index (Phi) is 5.67. The number of benzene rings is 1. The number of ether oxygens (including phenoxy) is 1. The van der Waals surface area contributed by atoms with Crippen molar-refractivity contribution in [3.05, 3.63) is 42.1 Å². The number of nitrogens with zero attached hydrogens (tertiary/aromatic N) is 1. The molecule has 1 heterocycles. The highest BCUT2D eigenvalue weighted by atomic mass is 16.5. The van der Waals surface area contributed by atoms with Gasteiger partial charge in [0.1, 0.15) is 5.75 Å². The molecule has 1 aromatic heterocycles. The predicted molar refractivity (Wildman–Crippen MR) is 94.8 cm³/mol. The van der Waals surface area contributed by atoms with E-state index in [9.17, 15) is 0 Å². The van der Waals surface area contributed by atoms with Crippen LogP contribution in [0.4, 0.5) is 0 Å². The van der Waals surface area contributed by atoms with Gasteiger partial charge in [-0.05, 0) is 50.5 Å². The summed E-state index contributed by atoms with van der Waals surface area (Å²) in [5, 5.41) is 1.29. The Morgan fingerprint density at radius 3 is 2.73 bits per heavy atom. The monoisotopic (exact) mass is 300 g/mol. The number of hydrogen-bond acceptors (Lipinski definition) is 2. The fraction of sp³-hybridized carbons (Fsp3) is 0.474. The van der Waals surface area contributed by atoms with Crippen molar-refractivity contribution in [3.8, 4) is 5.75 Å². The maximum atomic E-state index is 5.39. The van der Waals surface area contributed by atoms with Gasteiger partial charge in [-0.1, -0.05) is 13.0 Å². The van der Waals surface area contributed by atoms with Gasteiger partial charge in [0.2, 0.25) is 0 Å². The van der Waals surface area contributed by atoms with Crippen molar-refractivity contribution in [2.75, 3.05) is 20.2 Å². The van der Waals surface area contributed by atoms with Crippen LogP contribution >= 0.6 is 0 Å². The third-order valence-corrected chi connectivity index (χ3v) is 4.30. The highest BCUT2D eigenvalue weighted by Gasteiger charge is 2.14. The summed E-state index contributed by atoms with van der Waals surface area (Å²) in [6.45, 7) is 12.5. The molecular formula is C19H28N2O. The van der Waals surface area contributed by atoms with E-state index in [2.05, 4.69) is 49.4 Å². The van der Waals surface area contributed by atoms with Crippen molar-refractivity contribution in [2.24, 2.45) is 0 Å². The van der Waals surface area contributed by atoms with E-state index in [4.69, 9.17) is 4.74 Å². The molecule has 0 radical (unpaired) electrons. The van der Waals surface area contributed by atoms with Crippen LogP contribution in [0.5, 0.6) is 5.75 Å². The van der Waals surface area contributed by atoms with E-state index in [1.54, 1.807) is 7.11 Å². The fourth-order valence-corrected chi connectivity index (χ4v) is 2.98. The maximum absolute atomic E-state index is 5.39. The van der Waals surface area contributed by atoms with E-state index >= 15 is 0 Å². The van der Waals surface area contributed by atoms with Crippen LogP contribution in [0, 0.1) is 0 Å². The van der Waals surface area contributed by atoms with Crippen LogP contribution in [0.2, 0.25) is 0 Å². The lowest BCUT2D eigenvalue weighted by molar-refractivity contribution is 0.249. The zero-order valence-electron chi connectivity index (χ0n) is 14.3. The van der Waals surface area contributed by atoms with Gasteiger partial charge in [-0.2, -0.15) is 0 Å². The smallest absolute Gasteiger partial charge is 0.119 e. The quantitative estimate of drug-likeness (QED) is 0.741. The lowest BCUT2D eigenvalue weighted by atomic mass is 10.0. The van der Waals surface area contributed by atoms with Crippen molar-refractivity contribution in [2.45, 2.75) is 39.7 Å². The Morgan fingerprint density at radius 2 is 2.14 bits per heavy atom. The van der Waals surface area contributed by atoms with Crippen LogP contribution in [0.1, 0.15) is 32.0 Å². The molecule has 2 aromatic rings. The van der Waals surface area contributed by atoms with Crippen LogP contribution in [0.25, 0.3) is 10.9 Å². The summed E-state index contributed by atoms with van der Waals surface area (Å²) in [6, 6.07) is 6.80. The van der Waals surface area contributed by atoms with Crippen molar-refractivity contribution < 1.29 is 4.74 Å². The van der Waals surface area contributed by atoms with Gasteiger partial charge in [-0.25, -0.2) is 0 Å². The average Bonchev–Trinajstić information content (AvgIpc) is 2.87. The van der Waals surface area contributed by atoms with Crippen LogP contribution in [-0.4, -0.2) is 36.1 Å². The number of hydrogen-bond donors (Lipinski definition) is 1. The van der Waals surface area contributed by atoms with Crippen LogP contribution in [-0.2, 0) is 12.8 Å². The highest BCUT2D eigenvalue weighted by molar-refractivity contribution is 5.86. The maximum Gasteiger partial charge on any atom is 0.119 e. The molecule has 0 fully saturated rings. The van der Waals surface area contributed by atoms with E-state index in [0.717, 1.165) is 31.7 Å². The molecule has 0 atom stereocenters. The summed E-state index contributed by atoms with van der Waals surface area (Å²) < 4.78 is 5.39. The van der Waals surface area contributed by atoms with Gasteiger partial charge in [-0.15, -0.1) is 6.58 Å². The molecule has 120 valence electrons. The Balaban J connectivity index is 2.29. The molecule has 0 aliphatic carbocycles. The van der Waals surface area contributed by atoms with Crippen molar-refractivity contribution >= 4 is 10.9 Å². The molecule has 0 aliphatic heterocycles. The molecule has 2 rings (SSSR count). The first-order valence-electron chi connectivity index (χ1n) is 8.13. The minimum absolute atomic E-state index is 0.530. The van der Waals surface area contributed by atoms with Crippen LogP contribution in [0.3, 0.4) is 0 Å². The van der Waals surface area contributed by atoms with E-state index in [-0.39, 0.29) is 0 Å². The first-order valence-corrected chi connectivity index (χ1v) is 8.13. The summed E-state index contributed by atoms with van der Waals surface area (Å²) >= 11 is 0. The molecule has 22 heavy (non-hydrogen) atoms. The lowest BCUT2D eigenvalue weighted by Crippen LogP contribution is -2.33. The van der Waals surface area contributed by atoms with Crippen molar-refractivity contribution in [3.63, 3.8) is 0 Å². The van der Waals surface area contributed by atoms with E-state index in [1.807, 2.05) is 12.1 Å². The van der Waals surface area contributed by atoms with Gasteiger partial charge in [0.25, 0.3) is 0 Å². The lowest BCUT2D eigenvalue weighted by Gasteiger charge is -2.25. The number of H-pyrrole nitrogens is 1. The van der Waals surface area contributed by atoms with E-state index in [0.29, 0.717) is 6.04 Å². The normalized spacial score (nSPS) is 11.5. The van der Waals surface area contributed by atoms with Crippen molar-refractivity contribution in [1.29, 1.82) is 0 Å². The number of aromatic amines is 1. The highest BCUT2D eigenvalue weighted by Crippen LogP contribution is 2.27. The molecule has 0 bridgehead atoms. The molecule has 0 unspecified atom stereocenters. The predicted octanol–water partition coefficient (Wildman–Crippen LogP) is 4.18. The molecule has 0 saturated carbocycles. The second-order valence-corrected chi connectivity index (χ2v) is 5.97. The number of aryl methyl sites for hydroxylation is 1. The molecule has 0 aliphatic rings. The second kappa shape index (κ2) is 7.50. The van der Waals surface area contributed by atoms with Gasteiger partial charge < -0.3 is 9.72 Å². The van der Waals surface area contributed by atoms with Crippen LogP contribution in [0.15, 0.2) is 30.9 Å². The van der Waals surface area contributed by atoms with Gasteiger partial charge >= 0.3 is 0 Å². The molecular weight excluding hydrogens is 272 g/mol. The molecule has 0 saturated heterocycles. The van der Waals surface area contributed by atoms with E-state index in [1.165, 1.54) is 22.2 Å². The Labute approximate surface area is 134 Å². The topological polar surface area (TPSA) is 28.3 Å². The molecule has 3 nitrogen and oxygen atoms in total. The van der Waals surface area contributed by atoms with Crippen LogP contribution < -0.4 is 4.74 Å². The summed E-state index contributed by atoms with van der Waals surface area (Å²) in [5.41, 5.74) is 3.96. The third-order valence-electron chi connectivity index (χ3n) is 4.30. The summed E-state index contributed by atoms with van der Waals surface area (Å²) in [4.78, 5) is 6.01. The summed E-state index contributed by atoms with van der Waals surface area (Å²) in [5.74, 6) is 0.919. The number of methoxy groups -OCH3 is 1. The van der Waals surface area contributed by atoms with Crippen molar-refractivity contribution in [1.82, 2.24) is 9.88 Å². The number of fused-ring (bicyclic) bond motifs is 1. The zero-order chi connectivity index (χ0) is 16.1. The second-order valence-electron chi connectivity index (χ2n) is 5.97. The number of rotatable bonds is 8. The molecule has 3 heteroatoms. The van der Waals surface area contributed by atoms with Gasteiger partial charge in [0, 0.05) is 35.7 Å². The number of nitrogens with one attached hydrogen (secondary N) is 1. The third kappa shape index (κ3) is 3.53. The largest absolute Gasteiger partial charge is 0.497 e. The first-order chi connectivity index (χ1) is 10.6. The molecule has 1 aromatic carbocycles. The van der Waals surface area contributed by atoms with Gasteiger partial charge in [0.15, 0.2) is 0 Å². The Bertz CT molecular complexity index is 628. The minimum atomic E-state index is 0.530. The van der Waals surface area contributed by atoms with Gasteiger partial charge in [0.05, 0.1) is 7.11 Å². The SMILES string of the molecule is C=CCN(CCc1c(CC)[nH]c2ccc(OC)cc12)C(C)C. The first kappa shape index (κ1) is 16.6. The summed E-state index contributed by atoms with van der Waals surface area (Å²) in [6.07, 6.45) is 4.05. The molecule has 1 N–H and O–H groups in total. The average molecular weight is 300 g/mol. The Morgan fingerprint density at radius 1 is 1.36 bits per heavy atom.